The van der Waals surface area contributed by atoms with Gasteiger partial charge in [0.2, 0.25) is 0 Å². The number of benzene rings is 1. The van der Waals surface area contributed by atoms with Crippen LogP contribution in [0.1, 0.15) is 32.8 Å². The van der Waals surface area contributed by atoms with Crippen LogP contribution in [0.5, 0.6) is 0 Å². The van der Waals surface area contributed by atoms with Crippen molar-refractivity contribution >= 4 is 11.4 Å². The lowest BCUT2D eigenvalue weighted by Crippen LogP contribution is -2.20. The molecule has 7 heteroatoms. The van der Waals surface area contributed by atoms with Gasteiger partial charge in [-0.05, 0) is 24.4 Å². The quantitative estimate of drug-likeness (QED) is 0.491. The Morgan fingerprint density at radius 2 is 1.80 bits per heavy atom. The highest BCUT2D eigenvalue weighted by Gasteiger charge is 2.19. The van der Waals surface area contributed by atoms with Crippen molar-refractivity contribution in [1.29, 1.82) is 0 Å². The summed E-state index contributed by atoms with van der Waals surface area (Å²) >= 11 is 0. The highest BCUT2D eigenvalue weighted by Crippen LogP contribution is 2.24. The molecule has 0 unspecified atom stereocenters. The Kier molecular flexibility index (Phi) is 5.15. The summed E-state index contributed by atoms with van der Waals surface area (Å²) in [7, 11) is 0. The Hall–Kier alpha value is -2.02. The van der Waals surface area contributed by atoms with Crippen molar-refractivity contribution in [3.05, 3.63) is 44.0 Å². The molecule has 0 amide bonds. The minimum Gasteiger partial charge on any atom is -0.312 e. The van der Waals surface area contributed by atoms with E-state index in [4.69, 9.17) is 0 Å². The largest absolute Gasteiger partial charge is 0.312 e. The van der Waals surface area contributed by atoms with Gasteiger partial charge < -0.3 is 5.32 Å². The second-order valence-corrected chi connectivity index (χ2v) is 5.81. The molecule has 0 aliphatic rings. The molecule has 0 radical (unpaired) electrons. The fourth-order valence-electron chi connectivity index (χ4n) is 1.67. The van der Waals surface area contributed by atoms with Crippen molar-refractivity contribution in [3.63, 3.8) is 0 Å². The van der Waals surface area contributed by atoms with Crippen LogP contribution < -0.4 is 5.32 Å². The molecule has 0 spiro atoms. The standard InChI is InChI=1S/C13H19N3O4/c1-13(2,3)6-7-14-9-10-4-5-11(15(17)18)8-12(10)16(19)20/h4-5,8,14H,6-7,9H2,1-3H3. The summed E-state index contributed by atoms with van der Waals surface area (Å²) in [5.41, 5.74) is 0.154. The number of hydrogen-bond acceptors (Lipinski definition) is 5. The van der Waals surface area contributed by atoms with E-state index in [9.17, 15) is 20.2 Å². The van der Waals surface area contributed by atoms with Crippen molar-refractivity contribution in [2.75, 3.05) is 6.54 Å². The molecule has 0 saturated carbocycles. The number of nitrogens with one attached hydrogen (secondary N) is 1. The van der Waals surface area contributed by atoms with Crippen LogP contribution in [0.3, 0.4) is 0 Å². The molecule has 1 rings (SSSR count). The van der Waals surface area contributed by atoms with Crippen LogP contribution in [-0.2, 0) is 6.54 Å². The van der Waals surface area contributed by atoms with E-state index in [-0.39, 0.29) is 16.8 Å². The Morgan fingerprint density at radius 3 is 2.30 bits per heavy atom. The van der Waals surface area contributed by atoms with Crippen molar-refractivity contribution in [1.82, 2.24) is 5.32 Å². The Labute approximate surface area is 117 Å². The van der Waals surface area contributed by atoms with E-state index >= 15 is 0 Å². The van der Waals surface area contributed by atoms with Crippen LogP contribution in [0.2, 0.25) is 0 Å². The summed E-state index contributed by atoms with van der Waals surface area (Å²) in [4.78, 5) is 20.3. The molecule has 0 saturated heterocycles. The van der Waals surface area contributed by atoms with Crippen LogP contribution in [0.15, 0.2) is 18.2 Å². The maximum Gasteiger partial charge on any atom is 0.280 e. The summed E-state index contributed by atoms with van der Waals surface area (Å²) < 4.78 is 0. The third-order valence-electron chi connectivity index (χ3n) is 2.84. The first-order valence-corrected chi connectivity index (χ1v) is 6.33. The molecule has 0 bridgehead atoms. The molecule has 1 aromatic carbocycles. The van der Waals surface area contributed by atoms with Gasteiger partial charge in [0.1, 0.15) is 0 Å². The fourth-order valence-corrected chi connectivity index (χ4v) is 1.67. The van der Waals surface area contributed by atoms with E-state index in [1.807, 2.05) is 0 Å². The third kappa shape index (κ3) is 4.93. The number of nitrogens with zero attached hydrogens (tertiary/aromatic N) is 2. The predicted octanol–water partition coefficient (Wildman–Crippen LogP) is 3.03. The minimum absolute atomic E-state index is 0.189. The van der Waals surface area contributed by atoms with Crippen LogP contribution in [0.25, 0.3) is 0 Å². The van der Waals surface area contributed by atoms with Crippen molar-refractivity contribution in [2.45, 2.75) is 33.7 Å². The van der Waals surface area contributed by atoms with Crippen LogP contribution in [0, 0.1) is 25.6 Å². The van der Waals surface area contributed by atoms with Gasteiger partial charge in [0.15, 0.2) is 0 Å². The van der Waals surface area contributed by atoms with Gasteiger partial charge in [-0.3, -0.25) is 20.2 Å². The fraction of sp³-hybridized carbons (Fsp3) is 0.538. The maximum absolute atomic E-state index is 10.9. The van der Waals surface area contributed by atoms with E-state index in [0.29, 0.717) is 12.1 Å². The first kappa shape index (κ1) is 16.0. The summed E-state index contributed by atoms with van der Waals surface area (Å²) in [5.74, 6) is 0. The SMILES string of the molecule is CC(C)(C)CCNCc1ccc([N+](=O)[O-])cc1[N+](=O)[O-]. The van der Waals surface area contributed by atoms with E-state index in [2.05, 4.69) is 26.1 Å². The Bertz CT molecular complexity index is 509. The number of non-ortho nitro benzene ring substituents is 1. The smallest absolute Gasteiger partial charge is 0.280 e. The average Bonchev–Trinajstić information content (AvgIpc) is 2.33. The monoisotopic (exact) mass is 281 g/mol. The van der Waals surface area contributed by atoms with Gasteiger partial charge in [0.05, 0.1) is 15.9 Å². The lowest BCUT2D eigenvalue weighted by Gasteiger charge is -2.18. The van der Waals surface area contributed by atoms with Crippen molar-refractivity contribution in [2.24, 2.45) is 5.41 Å². The van der Waals surface area contributed by atoms with Gasteiger partial charge in [0.25, 0.3) is 11.4 Å². The summed E-state index contributed by atoms with van der Waals surface area (Å²) in [6.07, 6.45) is 0.938. The normalized spacial score (nSPS) is 11.3. The summed E-state index contributed by atoms with van der Waals surface area (Å²) in [6.45, 7) is 7.40. The van der Waals surface area contributed by atoms with E-state index in [0.717, 1.165) is 19.0 Å². The van der Waals surface area contributed by atoms with Crippen LogP contribution in [0.4, 0.5) is 11.4 Å². The Morgan fingerprint density at radius 1 is 1.15 bits per heavy atom. The number of nitro groups is 2. The zero-order valence-corrected chi connectivity index (χ0v) is 11.9. The van der Waals surface area contributed by atoms with Gasteiger partial charge in [-0.15, -0.1) is 0 Å². The summed E-state index contributed by atoms with van der Waals surface area (Å²) in [6, 6.07) is 3.72. The third-order valence-corrected chi connectivity index (χ3v) is 2.84. The van der Waals surface area contributed by atoms with Gasteiger partial charge in [-0.2, -0.15) is 0 Å². The molecule has 20 heavy (non-hydrogen) atoms. The average molecular weight is 281 g/mol. The second kappa shape index (κ2) is 6.42. The number of rotatable bonds is 6. The molecule has 0 aliphatic carbocycles. The molecule has 0 aliphatic heterocycles. The molecule has 0 aromatic heterocycles. The van der Waals surface area contributed by atoms with Gasteiger partial charge in [-0.25, -0.2) is 0 Å². The molecule has 0 atom stereocenters. The summed E-state index contributed by atoms with van der Waals surface area (Å²) in [5, 5.41) is 24.7. The van der Waals surface area contributed by atoms with Gasteiger partial charge >= 0.3 is 0 Å². The molecule has 0 heterocycles. The number of hydrogen-bond donors (Lipinski definition) is 1. The zero-order valence-electron chi connectivity index (χ0n) is 11.9. The second-order valence-electron chi connectivity index (χ2n) is 5.81. The van der Waals surface area contributed by atoms with Crippen LogP contribution in [-0.4, -0.2) is 16.4 Å². The molecule has 1 aromatic rings. The molecular weight excluding hydrogens is 262 g/mol. The molecule has 7 nitrogen and oxygen atoms in total. The molecule has 1 N–H and O–H groups in total. The van der Waals surface area contributed by atoms with Gasteiger partial charge in [0, 0.05) is 18.2 Å². The molecule has 0 fully saturated rings. The first-order chi connectivity index (χ1) is 9.20. The molecule has 110 valence electrons. The predicted molar refractivity (Wildman–Crippen MR) is 75.5 cm³/mol. The van der Waals surface area contributed by atoms with Crippen molar-refractivity contribution < 1.29 is 9.85 Å². The Balaban J connectivity index is 2.75. The first-order valence-electron chi connectivity index (χ1n) is 6.33. The number of nitro benzene ring substituents is 2. The van der Waals surface area contributed by atoms with Gasteiger partial charge in [-0.1, -0.05) is 20.8 Å². The zero-order chi connectivity index (χ0) is 15.3. The van der Waals surface area contributed by atoms with Crippen molar-refractivity contribution in [3.8, 4) is 0 Å². The molecular formula is C13H19N3O4. The highest BCUT2D eigenvalue weighted by atomic mass is 16.6. The lowest BCUT2D eigenvalue weighted by molar-refractivity contribution is -0.394. The highest BCUT2D eigenvalue weighted by molar-refractivity contribution is 5.49. The van der Waals surface area contributed by atoms with E-state index in [1.165, 1.54) is 12.1 Å². The topological polar surface area (TPSA) is 98.3 Å². The van der Waals surface area contributed by atoms with Crippen LogP contribution >= 0.6 is 0 Å². The minimum atomic E-state index is -0.635. The maximum atomic E-state index is 10.9. The van der Waals surface area contributed by atoms with E-state index < -0.39 is 9.85 Å². The van der Waals surface area contributed by atoms with E-state index in [1.54, 1.807) is 0 Å². The lowest BCUT2D eigenvalue weighted by atomic mass is 9.92.